The first-order valence-corrected chi connectivity index (χ1v) is 40.6. The normalized spacial score (nSPS) is 32.1. The Morgan fingerprint density at radius 3 is 1.21 bits per heavy atom. The SMILES string of the molecule is C=O.CC.CNCC(=O)NC1C(O)CC(O)(C(=O)[O-])OC1[C@H](O)[C@H](O)CO.NC1C(O)OC(CO)C(O)C1O.NCC(=O)NC1C(O)CC(OP(=O)([O-])OCC2OC(n3ccc(N)nc3=O)C(O)C2O)(C(=O)[O-])OC1[C@H](O)[C@H](O)CO.Nc1ccn(C2OC(COP(=O)([O-])OC3(C(=O)[O-])CC(O)C(NC(=O)CNC=O)C([C@H](O)[C@H](O)CO)O3)C(O)C2O)c(=O)n1.O=CNS.[Na+].[Na+].[Na+].[Na+].[Na+]. The van der Waals surface area contributed by atoms with E-state index in [-0.39, 0.29) is 172 Å². The van der Waals surface area contributed by atoms with E-state index in [0.29, 0.717) is 6.41 Å². The number of aliphatic hydroxyl groups excluding tert-OH is 20. The second kappa shape index (κ2) is 64.7. The molecule has 6 saturated heterocycles. The zero-order chi connectivity index (χ0) is 99.0. The summed E-state index contributed by atoms with van der Waals surface area (Å²) in [5.41, 5.74) is 19.3. The van der Waals surface area contributed by atoms with E-state index in [1.54, 1.807) is 0 Å². The molecule has 63 nitrogen and oxygen atoms in total. The van der Waals surface area contributed by atoms with Crippen molar-refractivity contribution in [1.82, 2.24) is 50.4 Å². The second-order valence-corrected chi connectivity index (χ2v) is 30.3. The average Bonchev–Trinajstić information content (AvgIpc) is 1.34. The van der Waals surface area contributed by atoms with E-state index in [9.17, 15) is 169 Å². The molecule has 71 heteroatoms. The number of aliphatic hydroxyl groups is 21. The number of nitrogens with one attached hydrogen (secondary N) is 6. The fraction of sp³-hybridized carbons (Fsp3) is 0.730. The van der Waals surface area contributed by atoms with Crippen LogP contribution in [0.25, 0.3) is 0 Å². The molecular formula is C63H105N14Na5O49P2S. The van der Waals surface area contributed by atoms with Crippen LogP contribution in [0.5, 0.6) is 0 Å². The number of carbonyl (C=O) groups is 9. The van der Waals surface area contributed by atoms with E-state index in [0.717, 1.165) is 21.5 Å². The minimum absolute atomic E-state index is 0. The maximum absolute atomic E-state index is 12.7. The summed E-state index contributed by atoms with van der Waals surface area (Å²) < 4.78 is 77.8. The summed E-state index contributed by atoms with van der Waals surface area (Å²) in [6, 6.07) is -3.46. The first kappa shape index (κ1) is 137. The van der Waals surface area contributed by atoms with Gasteiger partial charge in [0.1, 0.15) is 146 Å². The topological polar surface area (TPSA) is 1070 Å². The predicted molar refractivity (Wildman–Crippen MR) is 404 cm³/mol. The number of phosphoric acid groups is 2. The number of rotatable bonds is 35. The number of ether oxygens (including phenoxy) is 6. The van der Waals surface area contributed by atoms with Crippen LogP contribution in [0.3, 0.4) is 0 Å². The first-order chi connectivity index (χ1) is 60.2. The van der Waals surface area contributed by atoms with Gasteiger partial charge in [-0.2, -0.15) is 9.97 Å². The molecule has 8 heterocycles. The van der Waals surface area contributed by atoms with Crippen LogP contribution in [0.15, 0.2) is 34.1 Å². The molecule has 2 aromatic rings. The summed E-state index contributed by atoms with van der Waals surface area (Å²) >= 11 is 3.30. The number of nitrogen functional groups attached to an aromatic ring is 2. The molecule has 742 valence electrons. The molecule has 5 amide bonds. The fourth-order valence-corrected chi connectivity index (χ4v) is 14.0. The first-order valence-electron chi connectivity index (χ1n) is 37.2. The van der Waals surface area contributed by atoms with Gasteiger partial charge in [0.05, 0.1) is 102 Å². The van der Waals surface area contributed by atoms with Gasteiger partial charge in [-0.3, -0.25) is 51.3 Å². The van der Waals surface area contributed by atoms with Crippen molar-refractivity contribution >= 4 is 95.3 Å². The van der Waals surface area contributed by atoms with Gasteiger partial charge in [0.25, 0.3) is 15.6 Å². The maximum atomic E-state index is 12.7. The quantitative estimate of drug-likeness (QED) is 0.0132. The third-order valence-electron chi connectivity index (χ3n) is 18.5. The van der Waals surface area contributed by atoms with E-state index in [1.807, 2.05) is 30.7 Å². The number of aromatic nitrogens is 4. The minimum atomic E-state index is -5.87. The van der Waals surface area contributed by atoms with Crippen molar-refractivity contribution in [1.29, 1.82) is 0 Å². The summed E-state index contributed by atoms with van der Waals surface area (Å²) in [4.78, 5) is 155. The molecule has 6 fully saturated rings. The molecule has 6 aliphatic heterocycles. The third kappa shape index (κ3) is 39.0. The van der Waals surface area contributed by atoms with Crippen molar-refractivity contribution in [2.24, 2.45) is 11.5 Å². The van der Waals surface area contributed by atoms with Crippen LogP contribution >= 0.6 is 28.5 Å². The molecule has 0 saturated carbocycles. The number of nitrogens with two attached hydrogens (primary N) is 4. The third-order valence-corrected chi connectivity index (χ3v) is 20.6. The zero-order valence-electron chi connectivity index (χ0n) is 72.6. The molecule has 0 radical (unpaired) electrons. The van der Waals surface area contributed by atoms with Crippen molar-refractivity contribution in [2.75, 3.05) is 77.8 Å². The Kier molecular flexibility index (Phi) is 66.4. The number of carboxylic acids is 3. The molecule has 0 bridgehead atoms. The molecule has 0 aromatic carbocycles. The number of hydrogen-bond acceptors (Lipinski definition) is 57. The van der Waals surface area contributed by atoms with E-state index in [2.05, 4.69) is 62.1 Å². The molecule has 33 atom stereocenters. The standard InChI is InChI=1S/C21H32N5O17P.C20H32N5O16P.C12H22N2O9.C6H13NO5.C2H6.CH3NOS.CH2O.5Na/c22-11-1-2-26(20(37)24-11)18-16(34)15(33)10(41-18)6-40-44(38,39)43-21(19(35)36)3-8(29)13(25-12(31)4-23-7-28)17(42-21)14(32)9(30)5-27;21-4-11(29)24-12-7(27)3-20(18(33)34,40-16(12)13(30)8(28)5-26)41-42(36,37)38-6-9-14(31)15(32)17(39-9)25-2-1-10(22)23-19(25)35;1-13-3-7(18)14-8-5(16)2-12(22,11(20)21)23-10(8)9(19)6(17)4-15;7-3-5(10)4(9)2(1-8)12-6(3)11;1-2;3-1-2-4;1-2;;;;;/h1-2,7-10,13-18,27,29-30,32-34H,3-6H2,(H,23,28)(H,25,31)(H,35,36)(H,38,39)(H2,22,24,37);1-2,7-9,12-17,26-28,30-32H,3-6,21H2,(H,24,29)(H,33,34)(H,36,37)(H2,22,23,35);5-6,8-10,13,15-17,19,22H,2-4H2,1H3,(H,14,18)(H,20,21);2-6,8-11H,1,7H2;1-2H3;1,4H,(H,2,3);1H2;;;;;/q;;;;;;;5*+1/p-5/t8?,9-,10?,13?,14-,15?,16?,17?,18?,21?;7?,8-,9?,12?,13-,14?,15?,16?,17?,20?;5?,6-,8?,9-,10?,12?;;;;;;;;;/m111........./s1. The maximum Gasteiger partial charge on any atom is 1.00 e. The Morgan fingerprint density at radius 1 is 0.567 bits per heavy atom. The van der Waals surface area contributed by atoms with Gasteiger partial charge >= 0.3 is 159 Å². The number of carboxylic acid groups (broad SMARTS) is 3. The van der Waals surface area contributed by atoms with Crippen LogP contribution < -0.4 is 239 Å². The van der Waals surface area contributed by atoms with Crippen LogP contribution in [0.2, 0.25) is 0 Å². The molecule has 0 aliphatic carbocycles. The second-order valence-electron chi connectivity index (χ2n) is 27.3. The van der Waals surface area contributed by atoms with Gasteiger partial charge in [0, 0.05) is 31.7 Å². The molecule has 27 unspecified atom stereocenters. The number of anilines is 2. The number of hydrogen-bond donors (Lipinski definition) is 32. The number of aliphatic carboxylic acids is 3. The van der Waals surface area contributed by atoms with Crippen LogP contribution in [0.1, 0.15) is 45.6 Å². The van der Waals surface area contributed by atoms with Gasteiger partial charge in [-0.05, 0) is 19.2 Å². The molecule has 134 heavy (non-hydrogen) atoms. The van der Waals surface area contributed by atoms with Crippen molar-refractivity contribution < 1.29 is 379 Å². The van der Waals surface area contributed by atoms with Crippen molar-refractivity contribution in [3.63, 3.8) is 0 Å². The number of amides is 5. The van der Waals surface area contributed by atoms with Gasteiger partial charge in [0.15, 0.2) is 18.7 Å². The van der Waals surface area contributed by atoms with Gasteiger partial charge in [-0.25, -0.2) is 9.59 Å². The van der Waals surface area contributed by atoms with Crippen molar-refractivity contribution in [3.05, 3.63) is 45.5 Å². The van der Waals surface area contributed by atoms with Crippen LogP contribution in [0, 0.1) is 0 Å². The number of thiol groups is 1. The number of carbonyl (C=O) groups excluding carboxylic acids is 9. The Bertz CT molecular complexity index is 4120. The smallest absolute Gasteiger partial charge is 0.756 e. The van der Waals surface area contributed by atoms with Gasteiger partial charge in [-0.1, -0.05) is 26.7 Å². The largest absolute Gasteiger partial charge is 1.00 e. The van der Waals surface area contributed by atoms with Gasteiger partial charge < -0.3 is 243 Å². The molecule has 0 spiro atoms. The fourth-order valence-electron chi connectivity index (χ4n) is 12.2. The number of nitrogens with zero attached hydrogens (tertiary/aromatic N) is 4. The van der Waals surface area contributed by atoms with Gasteiger partial charge in [-0.15, -0.1) is 0 Å². The molecule has 2 aromatic heterocycles. The molecular weight excluding hydrogens is 1950 g/mol. The zero-order valence-corrected chi connectivity index (χ0v) is 85.3. The van der Waals surface area contributed by atoms with Crippen LogP contribution in [-0.4, -0.2) is 424 Å². The van der Waals surface area contributed by atoms with Crippen molar-refractivity contribution in [2.45, 2.75) is 222 Å². The van der Waals surface area contributed by atoms with E-state index in [1.165, 1.54) is 19.2 Å². The summed E-state index contributed by atoms with van der Waals surface area (Å²) in [5.74, 6) is -19.5. The van der Waals surface area contributed by atoms with Crippen LogP contribution in [0.4, 0.5) is 11.6 Å². The monoisotopic (exact) mass is 2050 g/mol. The number of likely N-dealkylation sites (N-methyl/N-ethyl adjacent to an activating group) is 1. The van der Waals surface area contributed by atoms with E-state index < -0.39 is 323 Å². The summed E-state index contributed by atoms with van der Waals surface area (Å²) in [6.07, 6.45) is -43.1. The molecule has 8 rings (SSSR count). The molecule has 6 aliphatic rings. The summed E-state index contributed by atoms with van der Waals surface area (Å²) in [7, 11) is -10.2. The average molecular weight is 2050 g/mol. The minimum Gasteiger partial charge on any atom is -0.756 e. The Balaban J connectivity index is -0.000000867. The Labute approximate surface area is 873 Å². The summed E-state index contributed by atoms with van der Waals surface area (Å²) in [5, 5.41) is 252. The van der Waals surface area contributed by atoms with Gasteiger partial charge in [0.2, 0.25) is 47.9 Å². The molecule has 35 N–H and O–H groups in total. The Hall–Kier alpha value is -2.84. The number of phosphoric ester groups is 2. The van der Waals surface area contributed by atoms with Crippen LogP contribution in [-0.2, 0) is 98.8 Å². The van der Waals surface area contributed by atoms with E-state index >= 15 is 0 Å². The predicted octanol–water partition coefficient (Wildman–Crippen LogP) is -40.6. The summed E-state index contributed by atoms with van der Waals surface area (Å²) in [6.45, 7) is -1.27. The van der Waals surface area contributed by atoms with Crippen molar-refractivity contribution in [3.8, 4) is 0 Å². The Morgan fingerprint density at radius 2 is 0.903 bits per heavy atom. The van der Waals surface area contributed by atoms with E-state index in [4.69, 9.17) is 76.3 Å².